The van der Waals surface area contributed by atoms with Gasteiger partial charge in [0.2, 0.25) is 0 Å². The van der Waals surface area contributed by atoms with Crippen LogP contribution in [0.5, 0.6) is 0 Å². The summed E-state index contributed by atoms with van der Waals surface area (Å²) in [6.07, 6.45) is 8.99. The van der Waals surface area contributed by atoms with E-state index < -0.39 is 0 Å². The third-order valence-electron chi connectivity index (χ3n) is 1.79. The zero-order valence-electron chi connectivity index (χ0n) is 8.78. The fraction of sp³-hybridized carbons (Fsp3) is 0.545. The maximum atomic E-state index is 5.57. The van der Waals surface area contributed by atoms with Gasteiger partial charge in [-0.3, -0.25) is 4.68 Å². The zero-order valence-corrected chi connectivity index (χ0v) is 9.54. The van der Waals surface area contributed by atoms with Crippen LogP contribution in [0.3, 0.4) is 0 Å². The van der Waals surface area contributed by atoms with Gasteiger partial charge in [-0.05, 0) is 12.3 Å². The van der Waals surface area contributed by atoms with E-state index in [0.717, 1.165) is 18.5 Å². The lowest BCUT2D eigenvalue weighted by Gasteiger charge is -2.02. The summed E-state index contributed by atoms with van der Waals surface area (Å²) in [5, 5.41) is 4.27. The summed E-state index contributed by atoms with van der Waals surface area (Å²) in [5.41, 5.74) is 1.15. The predicted octanol–water partition coefficient (Wildman–Crippen LogP) is 3.18. The monoisotopic (exact) mass is 212 g/mol. The van der Waals surface area contributed by atoms with Crippen molar-refractivity contribution in [1.82, 2.24) is 9.78 Å². The molecule has 0 radical (unpaired) electrons. The third kappa shape index (κ3) is 3.97. The van der Waals surface area contributed by atoms with Crippen LogP contribution in [0.4, 0.5) is 0 Å². The second-order valence-electron chi connectivity index (χ2n) is 3.77. The molecule has 2 nitrogen and oxygen atoms in total. The third-order valence-corrected chi connectivity index (χ3v) is 2.01. The van der Waals surface area contributed by atoms with Crippen LogP contribution in [0.1, 0.15) is 25.8 Å². The van der Waals surface area contributed by atoms with Gasteiger partial charge >= 0.3 is 0 Å². The van der Waals surface area contributed by atoms with Crippen molar-refractivity contribution in [3.63, 3.8) is 0 Å². The standard InChI is InChI=1S/C11H17ClN2/c1-10(2)8-14-9-11(7-13-14)5-3-4-6-12/h3,5,7,9-10H,4,6,8H2,1-2H3. The van der Waals surface area contributed by atoms with Crippen molar-refractivity contribution in [2.45, 2.75) is 26.8 Å². The molecule has 1 heterocycles. The molecule has 0 aliphatic carbocycles. The molecule has 3 heteroatoms. The Bertz CT molecular complexity index is 289. The second-order valence-corrected chi connectivity index (χ2v) is 4.15. The lowest BCUT2D eigenvalue weighted by atomic mass is 10.2. The number of rotatable bonds is 5. The Morgan fingerprint density at radius 1 is 1.57 bits per heavy atom. The van der Waals surface area contributed by atoms with E-state index in [1.165, 1.54) is 0 Å². The highest BCUT2D eigenvalue weighted by Gasteiger charge is 1.97. The van der Waals surface area contributed by atoms with Gasteiger partial charge in [-0.15, -0.1) is 11.6 Å². The van der Waals surface area contributed by atoms with Gasteiger partial charge in [-0.25, -0.2) is 0 Å². The van der Waals surface area contributed by atoms with Gasteiger partial charge in [0.1, 0.15) is 0 Å². The summed E-state index contributed by atoms with van der Waals surface area (Å²) in [4.78, 5) is 0. The topological polar surface area (TPSA) is 17.8 Å². The number of nitrogens with zero attached hydrogens (tertiary/aromatic N) is 2. The molecule has 0 saturated carbocycles. The molecule has 1 rings (SSSR count). The Hall–Kier alpha value is -0.760. The molecular formula is C11H17ClN2. The first-order valence-electron chi connectivity index (χ1n) is 4.97. The fourth-order valence-corrected chi connectivity index (χ4v) is 1.35. The summed E-state index contributed by atoms with van der Waals surface area (Å²) >= 11 is 5.57. The molecule has 0 amide bonds. The van der Waals surface area contributed by atoms with Crippen LogP contribution >= 0.6 is 11.6 Å². The van der Waals surface area contributed by atoms with Crippen molar-refractivity contribution >= 4 is 17.7 Å². The highest BCUT2D eigenvalue weighted by Crippen LogP contribution is 2.04. The molecule has 14 heavy (non-hydrogen) atoms. The smallest absolute Gasteiger partial charge is 0.0562 e. The summed E-state index contributed by atoms with van der Waals surface area (Å²) in [7, 11) is 0. The maximum Gasteiger partial charge on any atom is 0.0562 e. The van der Waals surface area contributed by atoms with Crippen LogP contribution in [0.25, 0.3) is 6.08 Å². The van der Waals surface area contributed by atoms with Crippen molar-refractivity contribution in [3.05, 3.63) is 24.0 Å². The Labute approximate surface area is 90.6 Å². The van der Waals surface area contributed by atoms with Crippen molar-refractivity contribution in [3.8, 4) is 0 Å². The molecule has 0 unspecified atom stereocenters. The van der Waals surface area contributed by atoms with E-state index in [-0.39, 0.29) is 0 Å². The van der Waals surface area contributed by atoms with Gasteiger partial charge in [0.05, 0.1) is 6.20 Å². The van der Waals surface area contributed by atoms with Gasteiger partial charge in [0.25, 0.3) is 0 Å². The average Bonchev–Trinajstić information content (AvgIpc) is 2.52. The van der Waals surface area contributed by atoms with Crippen LogP contribution in [0.2, 0.25) is 0 Å². The molecule has 0 bridgehead atoms. The van der Waals surface area contributed by atoms with E-state index in [2.05, 4.69) is 37.3 Å². The van der Waals surface area contributed by atoms with E-state index in [0.29, 0.717) is 11.8 Å². The normalized spacial score (nSPS) is 11.7. The van der Waals surface area contributed by atoms with Gasteiger partial charge < -0.3 is 0 Å². The van der Waals surface area contributed by atoms with Gasteiger partial charge in [-0.1, -0.05) is 26.0 Å². The lowest BCUT2D eigenvalue weighted by Crippen LogP contribution is -2.03. The van der Waals surface area contributed by atoms with Crippen molar-refractivity contribution in [2.75, 3.05) is 5.88 Å². The first kappa shape index (κ1) is 11.3. The molecule has 1 aromatic heterocycles. The second kappa shape index (κ2) is 5.86. The van der Waals surface area contributed by atoms with E-state index in [4.69, 9.17) is 11.6 Å². The van der Waals surface area contributed by atoms with Crippen molar-refractivity contribution in [2.24, 2.45) is 5.92 Å². The number of hydrogen-bond acceptors (Lipinski definition) is 1. The summed E-state index contributed by atoms with van der Waals surface area (Å²) < 4.78 is 1.98. The first-order chi connectivity index (χ1) is 6.72. The Balaban J connectivity index is 2.50. The van der Waals surface area contributed by atoms with Crippen LogP contribution in [-0.2, 0) is 6.54 Å². The number of hydrogen-bond donors (Lipinski definition) is 0. The Kier molecular flexibility index (Phi) is 4.74. The predicted molar refractivity (Wildman–Crippen MR) is 61.4 cm³/mol. The van der Waals surface area contributed by atoms with E-state index in [1.54, 1.807) is 0 Å². The van der Waals surface area contributed by atoms with E-state index in [1.807, 2.05) is 10.9 Å². The molecule has 0 aromatic carbocycles. The zero-order chi connectivity index (χ0) is 10.4. The number of halogens is 1. The van der Waals surface area contributed by atoms with Crippen LogP contribution in [0.15, 0.2) is 18.5 Å². The molecule has 1 aromatic rings. The van der Waals surface area contributed by atoms with Gasteiger partial charge in [-0.2, -0.15) is 5.10 Å². The average molecular weight is 213 g/mol. The molecule has 0 saturated heterocycles. The molecule has 0 atom stereocenters. The molecule has 78 valence electrons. The van der Waals surface area contributed by atoms with Gasteiger partial charge in [0, 0.05) is 24.2 Å². The highest BCUT2D eigenvalue weighted by atomic mass is 35.5. The maximum absolute atomic E-state index is 5.57. The molecule has 0 aliphatic rings. The molecule has 0 fully saturated rings. The number of allylic oxidation sites excluding steroid dienone is 1. The summed E-state index contributed by atoms with van der Waals surface area (Å²) in [6, 6.07) is 0. The molecule has 0 spiro atoms. The highest BCUT2D eigenvalue weighted by molar-refractivity contribution is 6.17. The van der Waals surface area contributed by atoms with Crippen LogP contribution < -0.4 is 0 Å². The van der Waals surface area contributed by atoms with E-state index >= 15 is 0 Å². The minimum Gasteiger partial charge on any atom is -0.272 e. The SMILES string of the molecule is CC(C)Cn1cc(C=CCCCl)cn1. The van der Waals surface area contributed by atoms with E-state index in [9.17, 15) is 0 Å². The van der Waals surface area contributed by atoms with Gasteiger partial charge in [0.15, 0.2) is 0 Å². The lowest BCUT2D eigenvalue weighted by molar-refractivity contribution is 0.483. The van der Waals surface area contributed by atoms with Crippen LogP contribution in [-0.4, -0.2) is 15.7 Å². The quantitative estimate of drug-likeness (QED) is 0.686. The molecule has 0 aliphatic heterocycles. The Morgan fingerprint density at radius 2 is 2.36 bits per heavy atom. The summed E-state index contributed by atoms with van der Waals surface area (Å²) in [5.74, 6) is 1.31. The summed E-state index contributed by atoms with van der Waals surface area (Å²) in [6.45, 7) is 5.35. The largest absolute Gasteiger partial charge is 0.272 e. The van der Waals surface area contributed by atoms with Crippen molar-refractivity contribution < 1.29 is 0 Å². The molecular weight excluding hydrogens is 196 g/mol. The minimum atomic E-state index is 0.634. The Morgan fingerprint density at radius 3 is 3.00 bits per heavy atom. The first-order valence-corrected chi connectivity index (χ1v) is 5.50. The minimum absolute atomic E-state index is 0.634. The number of aromatic nitrogens is 2. The molecule has 0 N–H and O–H groups in total. The fourth-order valence-electron chi connectivity index (χ4n) is 1.22. The van der Waals surface area contributed by atoms with Crippen molar-refractivity contribution in [1.29, 1.82) is 0 Å². The number of alkyl halides is 1. The van der Waals surface area contributed by atoms with Crippen LogP contribution in [0, 0.1) is 5.92 Å².